The zero-order chi connectivity index (χ0) is 17.1. The first-order chi connectivity index (χ1) is 11.0. The number of quaternary nitrogens is 1. The van der Waals surface area contributed by atoms with Crippen molar-refractivity contribution in [2.45, 2.75) is 58.8 Å². The summed E-state index contributed by atoms with van der Waals surface area (Å²) in [6.45, 7) is 8.35. The minimum absolute atomic E-state index is 0.376. The highest BCUT2D eigenvalue weighted by Crippen LogP contribution is 2.12. The first kappa shape index (κ1) is 19.9. The maximum atomic E-state index is 10.00. The topological polar surface area (TPSA) is 55.3 Å². The lowest BCUT2D eigenvalue weighted by Crippen LogP contribution is -2.91. The molecule has 1 rings (SSSR count). The SMILES string of the molecule is COc1ccc(COC[C@@H](O)C[NH2+][C@@H](C)CCCC(C)C)cc1. The third-order valence-corrected chi connectivity index (χ3v) is 3.99. The van der Waals surface area contributed by atoms with E-state index in [9.17, 15) is 5.11 Å². The van der Waals surface area contributed by atoms with E-state index < -0.39 is 6.10 Å². The lowest BCUT2D eigenvalue weighted by atomic mass is 10.0. The van der Waals surface area contributed by atoms with Crippen molar-refractivity contribution in [1.82, 2.24) is 0 Å². The van der Waals surface area contributed by atoms with Crippen molar-refractivity contribution in [3.8, 4) is 5.75 Å². The summed E-state index contributed by atoms with van der Waals surface area (Å²) in [5.41, 5.74) is 1.09. The van der Waals surface area contributed by atoms with E-state index in [1.807, 2.05) is 24.3 Å². The Hall–Kier alpha value is -1.10. The summed E-state index contributed by atoms with van der Waals surface area (Å²) >= 11 is 0. The van der Waals surface area contributed by atoms with Crippen molar-refractivity contribution in [2.24, 2.45) is 5.92 Å². The van der Waals surface area contributed by atoms with Gasteiger partial charge in [0.2, 0.25) is 0 Å². The van der Waals surface area contributed by atoms with Gasteiger partial charge < -0.3 is 19.9 Å². The minimum Gasteiger partial charge on any atom is -0.497 e. The molecular weight excluding hydrogens is 290 g/mol. The molecule has 1 aromatic carbocycles. The summed E-state index contributed by atoms with van der Waals surface area (Å²) in [5.74, 6) is 1.62. The van der Waals surface area contributed by atoms with Gasteiger partial charge in [-0.1, -0.05) is 32.4 Å². The van der Waals surface area contributed by atoms with E-state index in [1.165, 1.54) is 19.3 Å². The van der Waals surface area contributed by atoms with Gasteiger partial charge in [-0.2, -0.15) is 0 Å². The second-order valence-electron chi connectivity index (χ2n) is 6.79. The number of nitrogens with two attached hydrogens (primary N) is 1. The third-order valence-electron chi connectivity index (χ3n) is 3.99. The first-order valence-electron chi connectivity index (χ1n) is 8.73. The maximum absolute atomic E-state index is 10.00. The van der Waals surface area contributed by atoms with Crippen LogP contribution in [0.3, 0.4) is 0 Å². The highest BCUT2D eigenvalue weighted by atomic mass is 16.5. The fraction of sp³-hybridized carbons (Fsp3) is 0.684. The van der Waals surface area contributed by atoms with Crippen LogP contribution >= 0.6 is 0 Å². The molecule has 132 valence electrons. The molecule has 2 atom stereocenters. The average Bonchev–Trinajstić information content (AvgIpc) is 2.53. The highest BCUT2D eigenvalue weighted by molar-refractivity contribution is 5.26. The van der Waals surface area contributed by atoms with E-state index in [-0.39, 0.29) is 0 Å². The van der Waals surface area contributed by atoms with Crippen LogP contribution in [0.25, 0.3) is 0 Å². The Kier molecular flexibility index (Phi) is 9.92. The fourth-order valence-electron chi connectivity index (χ4n) is 2.46. The Bertz CT molecular complexity index is 406. The molecule has 4 nitrogen and oxygen atoms in total. The summed E-state index contributed by atoms with van der Waals surface area (Å²) in [6, 6.07) is 8.36. The van der Waals surface area contributed by atoms with Crippen molar-refractivity contribution in [2.75, 3.05) is 20.3 Å². The average molecular weight is 324 g/mol. The second-order valence-corrected chi connectivity index (χ2v) is 6.79. The number of hydrogen-bond donors (Lipinski definition) is 2. The van der Waals surface area contributed by atoms with Crippen LogP contribution in [0.5, 0.6) is 5.75 Å². The smallest absolute Gasteiger partial charge is 0.126 e. The van der Waals surface area contributed by atoms with Crippen LogP contribution < -0.4 is 10.1 Å². The Labute approximate surface area is 141 Å². The van der Waals surface area contributed by atoms with Gasteiger partial charge in [0.25, 0.3) is 0 Å². The molecule has 3 N–H and O–H groups in total. The normalized spacial score (nSPS) is 14.0. The van der Waals surface area contributed by atoms with Gasteiger partial charge in [-0.05, 0) is 43.4 Å². The van der Waals surface area contributed by atoms with E-state index in [1.54, 1.807) is 7.11 Å². The van der Waals surface area contributed by atoms with Gasteiger partial charge in [-0.3, -0.25) is 0 Å². The summed E-state index contributed by atoms with van der Waals surface area (Å²) in [7, 11) is 1.65. The van der Waals surface area contributed by atoms with Crippen LogP contribution in [-0.4, -0.2) is 37.5 Å². The maximum Gasteiger partial charge on any atom is 0.126 e. The zero-order valence-electron chi connectivity index (χ0n) is 15.1. The monoisotopic (exact) mass is 324 g/mol. The predicted octanol–water partition coefficient (Wildman–Crippen LogP) is 2.35. The summed E-state index contributed by atoms with van der Waals surface area (Å²) < 4.78 is 10.7. The van der Waals surface area contributed by atoms with Crippen molar-refractivity contribution >= 4 is 0 Å². The summed E-state index contributed by atoms with van der Waals surface area (Å²) in [6.07, 6.45) is 3.34. The van der Waals surface area contributed by atoms with Gasteiger partial charge in [-0.15, -0.1) is 0 Å². The van der Waals surface area contributed by atoms with Crippen molar-refractivity contribution < 1.29 is 19.9 Å². The van der Waals surface area contributed by atoms with Crippen molar-refractivity contribution in [3.63, 3.8) is 0 Å². The molecule has 0 spiro atoms. The van der Waals surface area contributed by atoms with Crippen molar-refractivity contribution in [1.29, 1.82) is 0 Å². The number of methoxy groups -OCH3 is 1. The quantitative estimate of drug-likeness (QED) is 0.620. The molecule has 0 saturated carbocycles. The van der Waals surface area contributed by atoms with Crippen LogP contribution in [0.4, 0.5) is 0 Å². The molecule has 1 aromatic rings. The van der Waals surface area contributed by atoms with Crippen molar-refractivity contribution in [3.05, 3.63) is 29.8 Å². The van der Waals surface area contributed by atoms with Gasteiger partial charge in [0.1, 0.15) is 18.4 Å². The first-order valence-corrected chi connectivity index (χ1v) is 8.73. The molecule has 0 unspecified atom stereocenters. The van der Waals surface area contributed by atoms with Gasteiger partial charge in [0.15, 0.2) is 0 Å². The molecule has 23 heavy (non-hydrogen) atoms. The molecule has 0 heterocycles. The van der Waals surface area contributed by atoms with E-state index in [4.69, 9.17) is 9.47 Å². The number of ether oxygens (including phenoxy) is 2. The molecule has 0 fully saturated rings. The number of rotatable bonds is 12. The van der Waals surface area contributed by atoms with Crippen LogP contribution in [0, 0.1) is 5.92 Å². The lowest BCUT2D eigenvalue weighted by Gasteiger charge is -2.15. The molecule has 0 aliphatic heterocycles. The third kappa shape index (κ3) is 9.59. The molecular formula is C19H34NO3+. The summed E-state index contributed by atoms with van der Waals surface area (Å²) in [4.78, 5) is 0. The second kappa shape index (κ2) is 11.4. The largest absolute Gasteiger partial charge is 0.497 e. The zero-order valence-corrected chi connectivity index (χ0v) is 15.1. The number of aliphatic hydroxyl groups is 1. The Balaban J connectivity index is 2.10. The summed E-state index contributed by atoms with van der Waals surface area (Å²) in [5, 5.41) is 12.2. The van der Waals surface area contributed by atoms with Gasteiger partial charge in [-0.25, -0.2) is 0 Å². The number of aliphatic hydroxyl groups excluding tert-OH is 1. The Morgan fingerprint density at radius 3 is 2.39 bits per heavy atom. The highest BCUT2D eigenvalue weighted by Gasteiger charge is 2.11. The molecule has 0 bridgehead atoms. The van der Waals surface area contributed by atoms with Crippen LogP contribution in [0.2, 0.25) is 0 Å². The standard InChI is InChI=1S/C19H33NO3/c1-15(2)6-5-7-16(3)20-12-18(21)14-23-13-17-8-10-19(22-4)11-9-17/h8-11,15-16,18,20-21H,5-7,12-14H2,1-4H3/p+1/t16-,18-/m0/s1. The van der Waals surface area contributed by atoms with E-state index in [0.717, 1.165) is 17.2 Å². The molecule has 0 aliphatic rings. The van der Waals surface area contributed by atoms with Crippen LogP contribution in [0.1, 0.15) is 45.6 Å². The molecule has 0 aromatic heterocycles. The number of benzene rings is 1. The molecule has 0 saturated heterocycles. The van der Waals surface area contributed by atoms with Crippen LogP contribution in [0.15, 0.2) is 24.3 Å². The number of hydrogen-bond acceptors (Lipinski definition) is 3. The van der Waals surface area contributed by atoms with Gasteiger partial charge in [0, 0.05) is 0 Å². The molecule has 0 aliphatic carbocycles. The van der Waals surface area contributed by atoms with E-state index >= 15 is 0 Å². The minimum atomic E-state index is -0.416. The Morgan fingerprint density at radius 2 is 1.78 bits per heavy atom. The Morgan fingerprint density at radius 1 is 1.09 bits per heavy atom. The molecule has 0 amide bonds. The van der Waals surface area contributed by atoms with Crippen LogP contribution in [-0.2, 0) is 11.3 Å². The van der Waals surface area contributed by atoms with E-state index in [2.05, 4.69) is 26.1 Å². The predicted molar refractivity (Wildman–Crippen MR) is 93.6 cm³/mol. The molecule has 4 heteroatoms. The van der Waals surface area contributed by atoms with Gasteiger partial charge >= 0.3 is 0 Å². The van der Waals surface area contributed by atoms with Gasteiger partial charge in [0.05, 0.1) is 26.4 Å². The fourth-order valence-corrected chi connectivity index (χ4v) is 2.46. The lowest BCUT2D eigenvalue weighted by molar-refractivity contribution is -0.692. The van der Waals surface area contributed by atoms with E-state index in [0.29, 0.717) is 25.8 Å². The molecule has 0 radical (unpaired) electrons.